The van der Waals surface area contributed by atoms with Crippen LogP contribution in [0.25, 0.3) is 10.9 Å². The number of aromatic amines is 1. The first-order valence-electron chi connectivity index (χ1n) is 8.20. The van der Waals surface area contributed by atoms with Crippen LogP contribution < -0.4 is 0 Å². The average molecular weight is 323 g/mol. The summed E-state index contributed by atoms with van der Waals surface area (Å²) in [5.74, 6) is 0. The van der Waals surface area contributed by atoms with Crippen molar-refractivity contribution in [3.05, 3.63) is 108 Å². The molecule has 3 aromatic carbocycles. The standard InChI is InChI=1S/C22H17N3/c1-3-9-17(10-4-1)22(18-11-5-2-6-12-18)25-24-16-19-15-23-21-14-8-7-13-20(19)21/h1-16,23H. The van der Waals surface area contributed by atoms with Crippen molar-refractivity contribution in [1.29, 1.82) is 0 Å². The van der Waals surface area contributed by atoms with Crippen LogP contribution in [0.3, 0.4) is 0 Å². The summed E-state index contributed by atoms with van der Waals surface area (Å²) in [4.78, 5) is 3.25. The summed E-state index contributed by atoms with van der Waals surface area (Å²) in [6.07, 6.45) is 3.75. The second kappa shape index (κ2) is 6.97. The summed E-state index contributed by atoms with van der Waals surface area (Å²) in [5, 5.41) is 10.0. The number of hydrogen-bond acceptors (Lipinski definition) is 2. The molecule has 0 bridgehead atoms. The second-order valence-corrected chi connectivity index (χ2v) is 5.71. The Balaban J connectivity index is 1.72. The fourth-order valence-corrected chi connectivity index (χ4v) is 2.82. The topological polar surface area (TPSA) is 40.5 Å². The third kappa shape index (κ3) is 3.26. The van der Waals surface area contributed by atoms with Gasteiger partial charge in [0, 0.05) is 33.8 Å². The quantitative estimate of drug-likeness (QED) is 0.404. The molecule has 0 aliphatic heterocycles. The lowest BCUT2D eigenvalue weighted by Crippen LogP contribution is -2.02. The van der Waals surface area contributed by atoms with Crippen LogP contribution in [0.2, 0.25) is 0 Å². The van der Waals surface area contributed by atoms with E-state index in [1.165, 1.54) is 0 Å². The minimum atomic E-state index is 0.859. The minimum Gasteiger partial charge on any atom is -0.361 e. The maximum Gasteiger partial charge on any atom is 0.100 e. The van der Waals surface area contributed by atoms with E-state index in [4.69, 9.17) is 0 Å². The van der Waals surface area contributed by atoms with E-state index in [0.29, 0.717) is 0 Å². The van der Waals surface area contributed by atoms with Crippen LogP contribution in [0.4, 0.5) is 0 Å². The van der Waals surface area contributed by atoms with Gasteiger partial charge in [0.15, 0.2) is 0 Å². The van der Waals surface area contributed by atoms with Gasteiger partial charge in [0.05, 0.1) is 6.21 Å². The number of fused-ring (bicyclic) bond motifs is 1. The van der Waals surface area contributed by atoms with Crippen molar-refractivity contribution in [2.75, 3.05) is 0 Å². The maximum atomic E-state index is 4.52. The number of hydrogen-bond donors (Lipinski definition) is 1. The summed E-state index contributed by atoms with van der Waals surface area (Å²) in [6.45, 7) is 0. The van der Waals surface area contributed by atoms with Crippen molar-refractivity contribution in [2.45, 2.75) is 0 Å². The van der Waals surface area contributed by atoms with E-state index in [-0.39, 0.29) is 0 Å². The molecule has 0 saturated heterocycles. The molecule has 0 amide bonds. The van der Waals surface area contributed by atoms with Gasteiger partial charge in [0.1, 0.15) is 5.71 Å². The van der Waals surface area contributed by atoms with Gasteiger partial charge >= 0.3 is 0 Å². The van der Waals surface area contributed by atoms with Crippen LogP contribution in [-0.2, 0) is 0 Å². The molecule has 25 heavy (non-hydrogen) atoms. The molecule has 3 nitrogen and oxygen atoms in total. The second-order valence-electron chi connectivity index (χ2n) is 5.71. The Labute approximate surface area is 146 Å². The lowest BCUT2D eigenvalue weighted by Gasteiger charge is -2.04. The van der Waals surface area contributed by atoms with Crippen molar-refractivity contribution in [3.8, 4) is 0 Å². The fraction of sp³-hybridized carbons (Fsp3) is 0. The van der Waals surface area contributed by atoms with Gasteiger partial charge in [-0.25, -0.2) is 0 Å². The largest absolute Gasteiger partial charge is 0.361 e. The summed E-state index contributed by atoms with van der Waals surface area (Å²) in [7, 11) is 0. The smallest absolute Gasteiger partial charge is 0.100 e. The summed E-state index contributed by atoms with van der Waals surface area (Å²) in [6, 6.07) is 28.4. The molecule has 1 N–H and O–H groups in total. The van der Waals surface area contributed by atoms with E-state index >= 15 is 0 Å². The summed E-state index contributed by atoms with van der Waals surface area (Å²) >= 11 is 0. The van der Waals surface area contributed by atoms with E-state index < -0.39 is 0 Å². The highest BCUT2D eigenvalue weighted by atomic mass is 15.2. The zero-order valence-electron chi connectivity index (χ0n) is 13.6. The Hall–Kier alpha value is -3.46. The van der Waals surface area contributed by atoms with Crippen molar-refractivity contribution < 1.29 is 0 Å². The van der Waals surface area contributed by atoms with Crippen LogP contribution in [0.1, 0.15) is 16.7 Å². The van der Waals surface area contributed by atoms with Crippen molar-refractivity contribution in [3.63, 3.8) is 0 Å². The number of benzene rings is 3. The van der Waals surface area contributed by atoms with Crippen LogP contribution in [0.15, 0.2) is 101 Å². The Bertz CT molecular complexity index is 987. The molecule has 120 valence electrons. The lowest BCUT2D eigenvalue weighted by atomic mass is 10.0. The molecule has 0 fully saturated rings. The van der Waals surface area contributed by atoms with E-state index in [0.717, 1.165) is 33.3 Å². The van der Waals surface area contributed by atoms with Gasteiger partial charge < -0.3 is 4.98 Å². The van der Waals surface area contributed by atoms with Gasteiger partial charge in [-0.2, -0.15) is 5.10 Å². The maximum absolute atomic E-state index is 4.52. The molecule has 4 rings (SSSR count). The minimum absolute atomic E-state index is 0.859. The number of nitrogens with zero attached hydrogens (tertiary/aromatic N) is 2. The normalized spacial score (nSPS) is 11.0. The molecular formula is C22H17N3. The molecule has 0 saturated carbocycles. The molecule has 3 heteroatoms. The van der Waals surface area contributed by atoms with Crippen molar-refractivity contribution >= 4 is 22.8 Å². The molecule has 0 aliphatic rings. The number of H-pyrrole nitrogens is 1. The number of aromatic nitrogens is 1. The highest BCUT2D eigenvalue weighted by Crippen LogP contribution is 2.16. The lowest BCUT2D eigenvalue weighted by molar-refractivity contribution is 1.24. The van der Waals surface area contributed by atoms with Gasteiger partial charge in [-0.15, -0.1) is 5.10 Å². The molecule has 0 atom stereocenters. The van der Waals surface area contributed by atoms with Gasteiger partial charge in [0.2, 0.25) is 0 Å². The van der Waals surface area contributed by atoms with E-state index in [9.17, 15) is 0 Å². The highest BCUT2D eigenvalue weighted by molar-refractivity contribution is 6.13. The molecule has 0 radical (unpaired) electrons. The van der Waals surface area contributed by atoms with Crippen molar-refractivity contribution in [1.82, 2.24) is 4.98 Å². The molecule has 1 aromatic heterocycles. The molecule has 0 spiro atoms. The molecule has 1 heterocycles. The Kier molecular flexibility index (Phi) is 4.21. The Morgan fingerprint density at radius 3 is 2.00 bits per heavy atom. The Morgan fingerprint density at radius 2 is 1.32 bits per heavy atom. The molecule has 4 aromatic rings. The number of para-hydroxylation sites is 1. The van der Waals surface area contributed by atoms with Gasteiger partial charge in [-0.05, 0) is 6.07 Å². The first kappa shape index (κ1) is 15.1. The molecule has 0 aliphatic carbocycles. The van der Waals surface area contributed by atoms with Gasteiger partial charge in [0.25, 0.3) is 0 Å². The monoisotopic (exact) mass is 323 g/mol. The van der Waals surface area contributed by atoms with Crippen LogP contribution in [-0.4, -0.2) is 16.9 Å². The van der Waals surface area contributed by atoms with E-state index in [1.54, 1.807) is 6.21 Å². The zero-order chi connectivity index (χ0) is 16.9. The zero-order valence-corrected chi connectivity index (χ0v) is 13.6. The summed E-state index contributed by atoms with van der Waals surface area (Å²) < 4.78 is 0. The highest BCUT2D eigenvalue weighted by Gasteiger charge is 2.06. The average Bonchev–Trinajstić information content (AvgIpc) is 3.10. The predicted octanol–water partition coefficient (Wildman–Crippen LogP) is 5.04. The first-order valence-corrected chi connectivity index (χ1v) is 8.20. The van der Waals surface area contributed by atoms with Gasteiger partial charge in [-0.3, -0.25) is 0 Å². The van der Waals surface area contributed by atoms with Crippen LogP contribution in [0, 0.1) is 0 Å². The summed E-state index contributed by atoms with van der Waals surface area (Å²) in [5.41, 5.74) is 5.07. The van der Waals surface area contributed by atoms with Crippen LogP contribution >= 0.6 is 0 Å². The Morgan fingerprint density at radius 1 is 0.720 bits per heavy atom. The van der Waals surface area contributed by atoms with E-state index in [2.05, 4.69) is 27.3 Å². The fourth-order valence-electron chi connectivity index (χ4n) is 2.82. The van der Waals surface area contributed by atoms with E-state index in [1.807, 2.05) is 79.0 Å². The van der Waals surface area contributed by atoms with Crippen LogP contribution in [0.5, 0.6) is 0 Å². The number of rotatable bonds is 4. The third-order valence-corrected chi connectivity index (χ3v) is 4.07. The SMILES string of the molecule is C(=NN=C(c1ccccc1)c1ccccc1)c1c[nH]c2ccccc12. The van der Waals surface area contributed by atoms with Gasteiger partial charge in [-0.1, -0.05) is 78.9 Å². The molecular weight excluding hydrogens is 306 g/mol. The predicted molar refractivity (Wildman–Crippen MR) is 104 cm³/mol. The molecule has 0 unspecified atom stereocenters. The third-order valence-electron chi connectivity index (χ3n) is 4.07. The number of nitrogens with one attached hydrogen (secondary N) is 1. The van der Waals surface area contributed by atoms with Crippen molar-refractivity contribution in [2.24, 2.45) is 10.2 Å². The first-order chi connectivity index (χ1) is 12.4.